The van der Waals surface area contributed by atoms with Crippen LogP contribution in [0.25, 0.3) is 0 Å². The molecule has 29 heavy (non-hydrogen) atoms. The average Bonchev–Trinajstić information content (AvgIpc) is 2.73. The Kier molecular flexibility index (Phi) is 6.82. The van der Waals surface area contributed by atoms with E-state index in [0.29, 0.717) is 49.4 Å². The minimum Gasteiger partial charge on any atom is -0.338 e. The molecule has 0 saturated carbocycles. The molecule has 152 valence electrons. The minimum absolute atomic E-state index is 0.0629. The zero-order valence-electron chi connectivity index (χ0n) is 16.6. The number of amides is 2. The van der Waals surface area contributed by atoms with Gasteiger partial charge in [-0.1, -0.05) is 34.1 Å². The molecule has 1 heterocycles. The second-order valence-electron chi connectivity index (χ2n) is 7.29. The second kappa shape index (κ2) is 9.33. The van der Waals surface area contributed by atoms with Crippen molar-refractivity contribution >= 4 is 33.5 Å². The van der Waals surface area contributed by atoms with E-state index in [-0.39, 0.29) is 17.6 Å². The van der Waals surface area contributed by atoms with Crippen LogP contribution in [0.15, 0.2) is 53.0 Å². The number of hydrogen-bond acceptors (Lipinski definition) is 4. The third-order valence-corrected chi connectivity index (χ3v) is 5.41. The van der Waals surface area contributed by atoms with Crippen molar-refractivity contribution in [2.75, 3.05) is 46.8 Å². The largest absolute Gasteiger partial charge is 0.338 e. The van der Waals surface area contributed by atoms with Crippen molar-refractivity contribution in [2.45, 2.75) is 0 Å². The van der Waals surface area contributed by atoms with Gasteiger partial charge in [0, 0.05) is 41.8 Å². The van der Waals surface area contributed by atoms with Gasteiger partial charge in [-0.3, -0.25) is 14.4 Å². The Morgan fingerprint density at radius 3 is 2.00 bits per heavy atom. The number of ketones is 1. The maximum atomic E-state index is 13.1. The summed E-state index contributed by atoms with van der Waals surface area (Å²) in [5, 5.41) is 0. The van der Waals surface area contributed by atoms with Crippen LogP contribution in [-0.4, -0.2) is 79.1 Å². The quantitative estimate of drug-likeness (QED) is 0.647. The number of piperazine rings is 1. The van der Waals surface area contributed by atoms with Gasteiger partial charge in [0.1, 0.15) is 0 Å². The predicted molar refractivity (Wildman–Crippen MR) is 115 cm³/mol. The lowest BCUT2D eigenvalue weighted by molar-refractivity contribution is -0.133. The lowest BCUT2D eigenvalue weighted by Crippen LogP contribution is -2.52. The Bertz CT molecular complexity index is 904. The van der Waals surface area contributed by atoms with Crippen molar-refractivity contribution in [1.82, 2.24) is 14.7 Å². The molecule has 1 aliphatic heterocycles. The number of nitrogens with zero attached hydrogens (tertiary/aromatic N) is 3. The number of hydrogen-bond donors (Lipinski definition) is 0. The molecule has 2 amide bonds. The van der Waals surface area contributed by atoms with E-state index in [1.165, 1.54) is 0 Å². The number of carbonyl (C=O) groups is 3. The molecule has 2 aromatic rings. The highest BCUT2D eigenvalue weighted by Crippen LogP contribution is 2.19. The monoisotopic (exact) mass is 457 g/mol. The standard InChI is InChI=1S/C22H24BrN3O3/c1-24(2)15-20(27)25-11-13-26(14-12-25)22(29)19-6-4-3-5-18(19)21(28)16-7-9-17(23)10-8-16/h3-10H,11-15H2,1-2H3. The highest BCUT2D eigenvalue weighted by atomic mass is 79.9. The molecule has 1 aliphatic rings. The van der Waals surface area contributed by atoms with Crippen LogP contribution in [-0.2, 0) is 4.79 Å². The van der Waals surface area contributed by atoms with Gasteiger partial charge in [-0.25, -0.2) is 0 Å². The van der Waals surface area contributed by atoms with E-state index >= 15 is 0 Å². The summed E-state index contributed by atoms with van der Waals surface area (Å²) < 4.78 is 0.889. The summed E-state index contributed by atoms with van der Waals surface area (Å²) in [6, 6.07) is 14.0. The third kappa shape index (κ3) is 5.10. The Balaban J connectivity index is 1.73. The molecule has 0 spiro atoms. The summed E-state index contributed by atoms with van der Waals surface area (Å²) in [6.07, 6.45) is 0. The summed E-state index contributed by atoms with van der Waals surface area (Å²) in [6.45, 7) is 2.28. The van der Waals surface area contributed by atoms with E-state index in [1.807, 2.05) is 31.1 Å². The Morgan fingerprint density at radius 2 is 1.41 bits per heavy atom. The van der Waals surface area contributed by atoms with Gasteiger partial charge in [0.25, 0.3) is 5.91 Å². The molecule has 0 bridgehead atoms. The number of halogens is 1. The average molecular weight is 458 g/mol. The lowest BCUT2D eigenvalue weighted by atomic mass is 9.97. The van der Waals surface area contributed by atoms with Crippen molar-refractivity contribution in [3.05, 3.63) is 69.7 Å². The predicted octanol–water partition coefficient (Wildman–Crippen LogP) is 2.53. The fourth-order valence-corrected chi connectivity index (χ4v) is 3.59. The first-order valence-electron chi connectivity index (χ1n) is 9.48. The van der Waals surface area contributed by atoms with Crippen molar-refractivity contribution < 1.29 is 14.4 Å². The molecule has 1 fully saturated rings. The first kappa shape index (κ1) is 21.2. The molecular formula is C22H24BrN3O3. The summed E-state index contributed by atoms with van der Waals surface area (Å²) in [5.74, 6) is -0.292. The number of benzene rings is 2. The van der Waals surface area contributed by atoms with E-state index in [9.17, 15) is 14.4 Å². The van der Waals surface area contributed by atoms with Crippen LogP contribution in [0.3, 0.4) is 0 Å². The molecule has 1 saturated heterocycles. The van der Waals surface area contributed by atoms with Crippen LogP contribution in [0.2, 0.25) is 0 Å². The van der Waals surface area contributed by atoms with E-state index in [4.69, 9.17) is 0 Å². The van der Waals surface area contributed by atoms with Crippen molar-refractivity contribution in [3.63, 3.8) is 0 Å². The fraction of sp³-hybridized carbons (Fsp3) is 0.318. The number of rotatable bonds is 5. The molecule has 0 atom stereocenters. The van der Waals surface area contributed by atoms with Crippen LogP contribution in [0.1, 0.15) is 26.3 Å². The highest BCUT2D eigenvalue weighted by Gasteiger charge is 2.27. The fourth-order valence-electron chi connectivity index (χ4n) is 3.32. The van der Waals surface area contributed by atoms with Gasteiger partial charge in [0.2, 0.25) is 5.91 Å². The number of carbonyl (C=O) groups excluding carboxylic acids is 3. The molecule has 0 radical (unpaired) electrons. The zero-order chi connectivity index (χ0) is 21.0. The summed E-state index contributed by atoms with van der Waals surface area (Å²) >= 11 is 3.37. The summed E-state index contributed by atoms with van der Waals surface area (Å²) in [7, 11) is 3.72. The highest BCUT2D eigenvalue weighted by molar-refractivity contribution is 9.10. The van der Waals surface area contributed by atoms with Gasteiger partial charge < -0.3 is 14.7 Å². The van der Waals surface area contributed by atoms with Gasteiger partial charge in [-0.2, -0.15) is 0 Å². The van der Waals surface area contributed by atoms with Crippen LogP contribution < -0.4 is 0 Å². The molecule has 0 N–H and O–H groups in total. The molecule has 0 aromatic heterocycles. The normalized spacial score (nSPS) is 14.2. The minimum atomic E-state index is -0.179. The first-order chi connectivity index (χ1) is 13.9. The number of likely N-dealkylation sites (N-methyl/N-ethyl adjacent to an activating group) is 1. The van der Waals surface area contributed by atoms with Crippen molar-refractivity contribution in [2.24, 2.45) is 0 Å². The molecule has 3 rings (SSSR count). The van der Waals surface area contributed by atoms with Gasteiger partial charge in [-0.15, -0.1) is 0 Å². The Labute approximate surface area is 179 Å². The lowest BCUT2D eigenvalue weighted by Gasteiger charge is -2.35. The van der Waals surface area contributed by atoms with Crippen molar-refractivity contribution in [3.8, 4) is 0 Å². The van der Waals surface area contributed by atoms with Crippen LogP contribution >= 0.6 is 15.9 Å². The Hall–Kier alpha value is -2.51. The SMILES string of the molecule is CN(C)CC(=O)N1CCN(C(=O)c2ccccc2C(=O)c2ccc(Br)cc2)CC1. The molecule has 2 aromatic carbocycles. The molecule has 0 aliphatic carbocycles. The van der Waals surface area contributed by atoms with Gasteiger partial charge in [0.05, 0.1) is 12.1 Å². The van der Waals surface area contributed by atoms with E-state index < -0.39 is 0 Å². The second-order valence-corrected chi connectivity index (χ2v) is 8.21. The molecule has 6 nitrogen and oxygen atoms in total. The molecular weight excluding hydrogens is 434 g/mol. The zero-order valence-corrected chi connectivity index (χ0v) is 18.2. The van der Waals surface area contributed by atoms with Crippen LogP contribution in [0.5, 0.6) is 0 Å². The first-order valence-corrected chi connectivity index (χ1v) is 10.3. The van der Waals surface area contributed by atoms with Crippen LogP contribution in [0.4, 0.5) is 0 Å². The topological polar surface area (TPSA) is 60.9 Å². The van der Waals surface area contributed by atoms with E-state index in [1.54, 1.807) is 46.2 Å². The Morgan fingerprint density at radius 1 is 0.862 bits per heavy atom. The molecule has 0 unspecified atom stereocenters. The van der Waals surface area contributed by atoms with E-state index in [0.717, 1.165) is 4.47 Å². The smallest absolute Gasteiger partial charge is 0.254 e. The molecule has 7 heteroatoms. The van der Waals surface area contributed by atoms with Gasteiger partial charge >= 0.3 is 0 Å². The summed E-state index contributed by atoms with van der Waals surface area (Å²) in [4.78, 5) is 43.6. The maximum Gasteiger partial charge on any atom is 0.254 e. The van der Waals surface area contributed by atoms with Crippen LogP contribution in [0, 0.1) is 0 Å². The van der Waals surface area contributed by atoms with Crippen molar-refractivity contribution in [1.29, 1.82) is 0 Å². The van der Waals surface area contributed by atoms with E-state index in [2.05, 4.69) is 15.9 Å². The van der Waals surface area contributed by atoms with Gasteiger partial charge in [0.15, 0.2) is 5.78 Å². The van der Waals surface area contributed by atoms with Gasteiger partial charge in [-0.05, 0) is 44.4 Å². The third-order valence-electron chi connectivity index (χ3n) is 4.88. The maximum absolute atomic E-state index is 13.1. The summed E-state index contributed by atoms with van der Waals surface area (Å²) in [5.41, 5.74) is 1.33.